The average Bonchev–Trinajstić information content (AvgIpc) is 2.38. The maximum Gasteiger partial charge on any atom is 0.0997 e. The average molecular weight is 240 g/mol. The zero-order chi connectivity index (χ0) is 12.1. The standard InChI is InChI=1S/C15H10ClN/c16-15-9-6-12(7-10-15)5-8-13-3-1-2-4-14(13)11-17/h1-10H. The summed E-state index contributed by atoms with van der Waals surface area (Å²) in [6.45, 7) is 0. The van der Waals surface area contributed by atoms with E-state index in [0.717, 1.165) is 16.1 Å². The van der Waals surface area contributed by atoms with Crippen LogP contribution in [-0.2, 0) is 0 Å². The van der Waals surface area contributed by atoms with Gasteiger partial charge < -0.3 is 0 Å². The highest BCUT2D eigenvalue weighted by molar-refractivity contribution is 6.30. The van der Waals surface area contributed by atoms with Crippen LogP contribution in [0.25, 0.3) is 12.2 Å². The molecule has 1 nitrogen and oxygen atoms in total. The van der Waals surface area contributed by atoms with Crippen molar-refractivity contribution < 1.29 is 0 Å². The molecule has 0 aromatic heterocycles. The Labute approximate surface area is 106 Å². The van der Waals surface area contributed by atoms with Gasteiger partial charge in [0.15, 0.2) is 0 Å². The molecule has 0 aliphatic carbocycles. The fourth-order valence-corrected chi connectivity index (χ4v) is 1.63. The predicted octanol–water partition coefficient (Wildman–Crippen LogP) is 4.38. The van der Waals surface area contributed by atoms with Crippen LogP contribution in [0.1, 0.15) is 16.7 Å². The maximum absolute atomic E-state index is 8.95. The highest BCUT2D eigenvalue weighted by Gasteiger charge is 1.95. The molecule has 0 aliphatic heterocycles. The molecule has 0 heterocycles. The Hall–Kier alpha value is -2.04. The molecule has 2 aromatic rings. The molecular weight excluding hydrogens is 230 g/mol. The van der Waals surface area contributed by atoms with Gasteiger partial charge >= 0.3 is 0 Å². The molecule has 0 aliphatic rings. The van der Waals surface area contributed by atoms with Gasteiger partial charge in [-0.1, -0.05) is 54.1 Å². The van der Waals surface area contributed by atoms with E-state index in [1.54, 1.807) is 0 Å². The van der Waals surface area contributed by atoms with Gasteiger partial charge in [-0.15, -0.1) is 0 Å². The van der Waals surface area contributed by atoms with E-state index < -0.39 is 0 Å². The number of nitriles is 1. The summed E-state index contributed by atoms with van der Waals surface area (Å²) < 4.78 is 0. The number of nitrogens with zero attached hydrogens (tertiary/aromatic N) is 1. The largest absolute Gasteiger partial charge is 0.192 e. The van der Waals surface area contributed by atoms with Gasteiger partial charge in [-0.3, -0.25) is 0 Å². The zero-order valence-electron chi connectivity index (χ0n) is 9.10. The third-order valence-electron chi connectivity index (χ3n) is 2.41. The second-order valence-electron chi connectivity index (χ2n) is 3.58. The molecule has 0 radical (unpaired) electrons. The molecule has 0 fully saturated rings. The van der Waals surface area contributed by atoms with Crippen LogP contribution in [0.2, 0.25) is 5.02 Å². The summed E-state index contributed by atoms with van der Waals surface area (Å²) in [4.78, 5) is 0. The van der Waals surface area contributed by atoms with Crippen molar-refractivity contribution in [2.45, 2.75) is 0 Å². The number of hydrogen-bond acceptors (Lipinski definition) is 1. The third kappa shape index (κ3) is 2.96. The van der Waals surface area contributed by atoms with Crippen molar-refractivity contribution in [2.24, 2.45) is 0 Å². The Balaban J connectivity index is 2.26. The topological polar surface area (TPSA) is 23.8 Å². The summed E-state index contributed by atoms with van der Waals surface area (Å²) in [5.41, 5.74) is 2.66. The van der Waals surface area contributed by atoms with Gasteiger partial charge in [0.1, 0.15) is 0 Å². The normalized spacial score (nSPS) is 10.4. The molecule has 0 N–H and O–H groups in total. The molecule has 0 saturated heterocycles. The zero-order valence-corrected chi connectivity index (χ0v) is 9.85. The second-order valence-corrected chi connectivity index (χ2v) is 4.02. The molecule has 0 amide bonds. The molecule has 0 atom stereocenters. The van der Waals surface area contributed by atoms with Gasteiger partial charge in [0.2, 0.25) is 0 Å². The lowest BCUT2D eigenvalue weighted by Crippen LogP contribution is -1.79. The van der Waals surface area contributed by atoms with Crippen molar-refractivity contribution in [3.8, 4) is 6.07 Å². The number of benzene rings is 2. The summed E-state index contributed by atoms with van der Waals surface area (Å²) in [6, 6.07) is 17.2. The van der Waals surface area contributed by atoms with E-state index in [0.29, 0.717) is 5.56 Å². The monoisotopic (exact) mass is 239 g/mol. The lowest BCUT2D eigenvalue weighted by atomic mass is 10.1. The van der Waals surface area contributed by atoms with E-state index in [9.17, 15) is 0 Å². The van der Waals surface area contributed by atoms with E-state index in [1.807, 2.05) is 60.7 Å². The van der Waals surface area contributed by atoms with Crippen LogP contribution in [0, 0.1) is 11.3 Å². The minimum Gasteiger partial charge on any atom is -0.192 e. The highest BCUT2D eigenvalue weighted by atomic mass is 35.5. The third-order valence-corrected chi connectivity index (χ3v) is 2.66. The van der Waals surface area contributed by atoms with Crippen molar-refractivity contribution in [2.75, 3.05) is 0 Å². The summed E-state index contributed by atoms with van der Waals surface area (Å²) in [6.07, 6.45) is 3.90. The van der Waals surface area contributed by atoms with Gasteiger partial charge in [-0.25, -0.2) is 0 Å². The van der Waals surface area contributed by atoms with Gasteiger partial charge in [0.25, 0.3) is 0 Å². The Morgan fingerprint density at radius 2 is 1.65 bits per heavy atom. The van der Waals surface area contributed by atoms with Crippen molar-refractivity contribution in [1.29, 1.82) is 5.26 Å². The quantitative estimate of drug-likeness (QED) is 0.714. The Morgan fingerprint density at radius 1 is 0.941 bits per heavy atom. The number of hydrogen-bond donors (Lipinski definition) is 0. The first-order valence-corrected chi connectivity index (χ1v) is 5.60. The summed E-state index contributed by atoms with van der Waals surface area (Å²) in [7, 11) is 0. The minimum atomic E-state index is 0.678. The SMILES string of the molecule is N#Cc1ccccc1C=Cc1ccc(Cl)cc1. The minimum absolute atomic E-state index is 0.678. The lowest BCUT2D eigenvalue weighted by Gasteiger charge is -1.97. The van der Waals surface area contributed by atoms with Gasteiger partial charge in [-0.05, 0) is 29.3 Å². The van der Waals surface area contributed by atoms with Crippen molar-refractivity contribution in [3.63, 3.8) is 0 Å². The number of rotatable bonds is 2. The van der Waals surface area contributed by atoms with E-state index in [1.165, 1.54) is 0 Å². The Bertz CT molecular complexity index is 577. The highest BCUT2D eigenvalue weighted by Crippen LogP contribution is 2.14. The van der Waals surface area contributed by atoms with Crippen molar-refractivity contribution in [3.05, 3.63) is 70.2 Å². The fourth-order valence-electron chi connectivity index (χ4n) is 1.50. The van der Waals surface area contributed by atoms with Crippen LogP contribution < -0.4 is 0 Å². The molecule has 2 aromatic carbocycles. The van der Waals surface area contributed by atoms with Gasteiger partial charge in [-0.2, -0.15) is 5.26 Å². The first kappa shape index (κ1) is 11.4. The first-order chi connectivity index (χ1) is 8.29. The second kappa shape index (κ2) is 5.34. The molecule has 0 spiro atoms. The molecule has 0 bridgehead atoms. The first-order valence-electron chi connectivity index (χ1n) is 5.22. The summed E-state index contributed by atoms with van der Waals surface area (Å²) in [5, 5.41) is 9.67. The van der Waals surface area contributed by atoms with Crippen LogP contribution in [-0.4, -0.2) is 0 Å². The van der Waals surface area contributed by atoms with Crippen molar-refractivity contribution in [1.82, 2.24) is 0 Å². The lowest BCUT2D eigenvalue weighted by molar-refractivity contribution is 1.47. The molecule has 2 rings (SSSR count). The predicted molar refractivity (Wildman–Crippen MR) is 71.5 cm³/mol. The molecule has 2 heteroatoms. The Kier molecular flexibility index (Phi) is 3.59. The molecule has 17 heavy (non-hydrogen) atoms. The maximum atomic E-state index is 8.95. The molecule has 0 saturated carbocycles. The van der Waals surface area contributed by atoms with E-state index in [-0.39, 0.29) is 0 Å². The van der Waals surface area contributed by atoms with E-state index >= 15 is 0 Å². The van der Waals surface area contributed by atoms with E-state index in [4.69, 9.17) is 16.9 Å². The smallest absolute Gasteiger partial charge is 0.0997 e. The number of halogens is 1. The molecular formula is C15H10ClN. The molecule has 0 unspecified atom stereocenters. The molecule has 82 valence electrons. The van der Waals surface area contributed by atoms with Crippen LogP contribution in [0.5, 0.6) is 0 Å². The van der Waals surface area contributed by atoms with Crippen LogP contribution in [0.15, 0.2) is 48.5 Å². The Morgan fingerprint density at radius 3 is 2.35 bits per heavy atom. The van der Waals surface area contributed by atoms with Gasteiger partial charge in [0, 0.05) is 5.02 Å². The van der Waals surface area contributed by atoms with Crippen LogP contribution >= 0.6 is 11.6 Å². The van der Waals surface area contributed by atoms with Crippen molar-refractivity contribution >= 4 is 23.8 Å². The van der Waals surface area contributed by atoms with Crippen LogP contribution in [0.4, 0.5) is 0 Å². The fraction of sp³-hybridized carbons (Fsp3) is 0. The summed E-state index contributed by atoms with van der Waals surface area (Å²) >= 11 is 5.81. The van der Waals surface area contributed by atoms with Crippen LogP contribution in [0.3, 0.4) is 0 Å². The van der Waals surface area contributed by atoms with E-state index in [2.05, 4.69) is 6.07 Å². The summed E-state index contributed by atoms with van der Waals surface area (Å²) in [5.74, 6) is 0. The van der Waals surface area contributed by atoms with Gasteiger partial charge in [0.05, 0.1) is 11.6 Å².